The highest BCUT2D eigenvalue weighted by molar-refractivity contribution is 9.10. The monoisotopic (exact) mass is 798 g/mol. The molecule has 8 rings (SSSR count). The van der Waals surface area contributed by atoms with E-state index in [-0.39, 0.29) is 0 Å². The van der Waals surface area contributed by atoms with Crippen LogP contribution in [0.2, 0.25) is 0 Å². The fourth-order valence-corrected chi connectivity index (χ4v) is 6.22. The molecule has 0 unspecified atom stereocenters. The number of aromatic nitrogens is 7. The van der Waals surface area contributed by atoms with E-state index >= 15 is 0 Å². The van der Waals surface area contributed by atoms with Crippen LogP contribution in [-0.4, -0.2) is 41.4 Å². The van der Waals surface area contributed by atoms with Gasteiger partial charge in [0, 0.05) is 81.7 Å². The van der Waals surface area contributed by atoms with Gasteiger partial charge in [-0.15, -0.1) is 0 Å². The number of halogens is 2. The number of aryl methyl sites for hydroxylation is 2. The first kappa shape index (κ1) is 35.0. The second-order valence-corrected chi connectivity index (χ2v) is 13.2. The largest absolute Gasteiger partial charge is 0.496 e. The van der Waals surface area contributed by atoms with Gasteiger partial charge in [0.2, 0.25) is 0 Å². The van der Waals surface area contributed by atoms with Crippen LogP contribution in [0.3, 0.4) is 0 Å². The molecule has 4 aromatic carbocycles. The maximum atomic E-state index is 8.39. The van der Waals surface area contributed by atoms with E-state index in [4.69, 9.17) is 10.00 Å². The molecule has 0 amide bonds. The van der Waals surface area contributed by atoms with Gasteiger partial charge in [0.05, 0.1) is 24.4 Å². The average Bonchev–Trinajstić information content (AvgIpc) is 3.91. The highest BCUT2D eigenvalue weighted by Gasteiger charge is 2.14. The Morgan fingerprint density at radius 1 is 0.686 bits per heavy atom. The Kier molecular flexibility index (Phi) is 11.2. The molecule has 0 fully saturated rings. The number of nitrogens with zero attached hydrogens (tertiary/aromatic N) is 7. The van der Waals surface area contributed by atoms with Gasteiger partial charge >= 0.3 is 0 Å². The molecule has 0 aliphatic carbocycles. The van der Waals surface area contributed by atoms with E-state index < -0.39 is 0 Å². The lowest BCUT2D eigenvalue weighted by atomic mass is 10.0. The fourth-order valence-electron chi connectivity index (χ4n) is 5.43. The van der Waals surface area contributed by atoms with Crippen LogP contribution < -0.4 is 4.74 Å². The van der Waals surface area contributed by atoms with E-state index in [1.54, 1.807) is 31.6 Å². The van der Waals surface area contributed by atoms with Gasteiger partial charge < -0.3 is 13.9 Å². The molecule has 4 aromatic heterocycles. The van der Waals surface area contributed by atoms with Gasteiger partial charge in [0.15, 0.2) is 5.65 Å². The number of ether oxygens (including phenoxy) is 1. The van der Waals surface area contributed by atoms with Crippen LogP contribution in [0.15, 0.2) is 143 Å². The zero-order valence-corrected chi connectivity index (χ0v) is 31.2. The molecule has 1 N–H and O–H groups in total. The zero-order chi connectivity index (χ0) is 35.7. The van der Waals surface area contributed by atoms with Gasteiger partial charge in [-0.1, -0.05) is 80.4 Å². The van der Waals surface area contributed by atoms with Crippen LogP contribution in [0.25, 0.3) is 56.2 Å². The van der Waals surface area contributed by atoms with Gasteiger partial charge in [-0.3, -0.25) is 5.10 Å². The van der Waals surface area contributed by atoms with Gasteiger partial charge in [-0.25, -0.2) is 15.0 Å². The molecule has 0 radical (unpaired) electrons. The normalized spacial score (nSPS) is 10.4. The van der Waals surface area contributed by atoms with Crippen LogP contribution in [0.5, 0.6) is 5.75 Å². The molecular weight excluding hydrogens is 768 g/mol. The summed E-state index contributed by atoms with van der Waals surface area (Å²) in [5, 5.41) is 16.8. The molecule has 4 heterocycles. The van der Waals surface area contributed by atoms with Crippen molar-refractivity contribution >= 4 is 42.9 Å². The molecule has 0 atom stereocenters. The van der Waals surface area contributed by atoms with Crippen molar-refractivity contribution in [2.45, 2.75) is 0 Å². The lowest BCUT2D eigenvalue weighted by molar-refractivity contribution is 0.416. The summed E-state index contributed by atoms with van der Waals surface area (Å²) in [6, 6.07) is 35.8. The van der Waals surface area contributed by atoms with Gasteiger partial charge in [-0.2, -0.15) is 10.4 Å². The number of para-hydroxylation sites is 1. The van der Waals surface area contributed by atoms with Crippen LogP contribution in [0, 0.1) is 11.3 Å². The summed E-state index contributed by atoms with van der Waals surface area (Å²) in [5.74, 6) is 2.71. The Labute approximate surface area is 312 Å². The van der Waals surface area contributed by atoms with Crippen LogP contribution >= 0.6 is 31.9 Å². The number of benzene rings is 4. The Balaban J connectivity index is 0.000000167. The third-order valence-corrected chi connectivity index (χ3v) is 8.91. The molecule has 0 saturated carbocycles. The molecule has 51 heavy (non-hydrogen) atoms. The van der Waals surface area contributed by atoms with Crippen LogP contribution in [0.4, 0.5) is 0 Å². The Bertz CT molecular complexity index is 2460. The minimum Gasteiger partial charge on any atom is -0.496 e. The maximum Gasteiger partial charge on any atom is 0.181 e. The topological polar surface area (TPSA) is 110 Å². The second-order valence-electron chi connectivity index (χ2n) is 11.3. The number of aromatic amines is 1. The second kappa shape index (κ2) is 16.3. The third kappa shape index (κ3) is 8.32. The molecule has 8 aromatic rings. The molecule has 11 heteroatoms. The summed E-state index contributed by atoms with van der Waals surface area (Å²) in [7, 11) is 5.65. The van der Waals surface area contributed by atoms with Gasteiger partial charge in [0.1, 0.15) is 17.4 Å². The number of nitrogens with one attached hydrogen (secondary N) is 1. The van der Waals surface area contributed by atoms with Crippen molar-refractivity contribution in [1.82, 2.24) is 34.3 Å². The van der Waals surface area contributed by atoms with E-state index in [1.165, 1.54) is 0 Å². The predicted octanol–water partition coefficient (Wildman–Crippen LogP) is 9.87. The summed E-state index contributed by atoms with van der Waals surface area (Å²) >= 11 is 6.69. The Morgan fingerprint density at radius 3 is 1.92 bits per heavy atom. The fraction of sp³-hybridized carbons (Fsp3) is 0.0750. The lowest BCUT2D eigenvalue weighted by Gasteiger charge is -2.08. The first-order valence-electron chi connectivity index (χ1n) is 15.8. The number of fused-ring (bicyclic) bond motifs is 1. The maximum absolute atomic E-state index is 8.39. The van der Waals surface area contributed by atoms with Crippen LogP contribution in [-0.2, 0) is 14.1 Å². The summed E-state index contributed by atoms with van der Waals surface area (Å²) in [6.07, 6.45) is 9.35. The van der Waals surface area contributed by atoms with Crippen molar-refractivity contribution in [3.8, 4) is 57.0 Å². The Hall–Kier alpha value is -5.83. The molecule has 0 aliphatic heterocycles. The van der Waals surface area contributed by atoms with E-state index in [0.717, 1.165) is 65.2 Å². The summed E-state index contributed by atoms with van der Waals surface area (Å²) < 4.78 is 11.6. The number of H-pyrrole nitrogens is 1. The van der Waals surface area contributed by atoms with Gasteiger partial charge in [-0.05, 0) is 60.2 Å². The zero-order valence-electron chi connectivity index (χ0n) is 28.0. The summed E-state index contributed by atoms with van der Waals surface area (Å²) in [5.41, 5.74) is 7.50. The van der Waals surface area contributed by atoms with Crippen LogP contribution in [0.1, 0.15) is 5.56 Å². The van der Waals surface area contributed by atoms with Crippen molar-refractivity contribution in [2.24, 2.45) is 14.1 Å². The number of hydrogen-bond donors (Lipinski definition) is 1. The lowest BCUT2D eigenvalue weighted by Crippen LogP contribution is -1.91. The van der Waals surface area contributed by atoms with E-state index in [9.17, 15) is 0 Å². The smallest absolute Gasteiger partial charge is 0.181 e. The summed E-state index contributed by atoms with van der Waals surface area (Å²) in [4.78, 5) is 13.3. The van der Waals surface area contributed by atoms with Gasteiger partial charge in [0.25, 0.3) is 0 Å². The number of nitriles is 1. The first-order chi connectivity index (χ1) is 24.8. The van der Waals surface area contributed by atoms with Crippen molar-refractivity contribution in [2.75, 3.05) is 7.11 Å². The highest BCUT2D eigenvalue weighted by Crippen LogP contribution is 2.35. The Morgan fingerprint density at radius 2 is 1.31 bits per heavy atom. The van der Waals surface area contributed by atoms with Crippen molar-refractivity contribution in [1.29, 1.82) is 5.26 Å². The third-order valence-electron chi connectivity index (χ3n) is 7.92. The minimum atomic E-state index is 0.676. The van der Waals surface area contributed by atoms with Crippen molar-refractivity contribution in [3.63, 3.8) is 0 Å². The molecule has 0 saturated heterocycles. The first-order valence-corrected chi connectivity index (χ1v) is 17.4. The van der Waals surface area contributed by atoms with E-state index in [1.807, 2.05) is 109 Å². The van der Waals surface area contributed by atoms with Crippen molar-refractivity contribution < 1.29 is 4.74 Å². The predicted molar refractivity (Wildman–Crippen MR) is 209 cm³/mol. The molecule has 0 aliphatic rings. The standard InChI is InChI=1S/C23H19N5O.C10H9BrN2.C7H4BrN/c1-28-11-10-24-23(28)16-7-5-6-15(12-16)17-13-19-21(26-27-22(19)25-14-17)18-8-3-4-9-20(18)29-2;1-13-6-5-12-10(13)8-3-2-4-9(11)7-8;8-7-3-1-2-6(4-7)5-9/h3-14H,1-2H3,(H,25,26,27);2-7H,1H3;1-4H. The minimum absolute atomic E-state index is 0.676. The molecule has 9 nitrogen and oxygen atoms in total. The number of methoxy groups -OCH3 is 1. The summed E-state index contributed by atoms with van der Waals surface area (Å²) in [6.45, 7) is 0. The molecule has 0 spiro atoms. The molecular formula is C40H32Br2N8O. The SMILES string of the molecule is COc1ccccc1-c1[nH]nc2ncc(-c3cccc(-c4nccn4C)c3)cc12.Cn1ccnc1-c1cccc(Br)c1.N#Cc1cccc(Br)c1. The van der Waals surface area contributed by atoms with E-state index in [0.29, 0.717) is 11.2 Å². The quantitative estimate of drug-likeness (QED) is 0.186. The molecule has 252 valence electrons. The number of rotatable bonds is 5. The average molecular weight is 801 g/mol. The van der Waals surface area contributed by atoms with E-state index in [2.05, 4.69) is 87.3 Å². The molecule has 0 bridgehead atoms. The number of pyridine rings is 1. The number of hydrogen-bond acceptors (Lipinski definition) is 6. The number of imidazole rings is 2. The van der Waals surface area contributed by atoms with Crippen molar-refractivity contribution in [3.05, 3.63) is 149 Å². The highest BCUT2D eigenvalue weighted by atomic mass is 79.9.